The Kier molecular flexibility index (Phi) is 2.91. The van der Waals surface area contributed by atoms with Gasteiger partial charge in [0.2, 0.25) is 0 Å². The molecule has 0 aromatic heterocycles. The Morgan fingerprint density at radius 1 is 1.50 bits per heavy atom. The zero-order valence-corrected chi connectivity index (χ0v) is 8.63. The summed E-state index contributed by atoms with van der Waals surface area (Å²) in [5.74, 6) is 0. The second-order valence-electron chi connectivity index (χ2n) is 3.36. The first-order valence-corrected chi connectivity index (χ1v) is 5.06. The van der Waals surface area contributed by atoms with Gasteiger partial charge in [0.15, 0.2) is 0 Å². The molecule has 0 saturated carbocycles. The van der Waals surface area contributed by atoms with Crippen molar-refractivity contribution in [1.29, 1.82) is 0 Å². The standard InChI is InChI=1S/C10H13ClN2O/c11-9-3-1-4-10(12)8(9)7-13-5-2-6-14-13/h1,3-4H,2,5-7,12H2. The van der Waals surface area contributed by atoms with Gasteiger partial charge in [0.25, 0.3) is 0 Å². The predicted octanol–water partition coefficient (Wildman–Crippen LogP) is 2.06. The van der Waals surface area contributed by atoms with Crippen LogP contribution in [0, 0.1) is 0 Å². The summed E-state index contributed by atoms with van der Waals surface area (Å²) in [5, 5.41) is 2.61. The summed E-state index contributed by atoms with van der Waals surface area (Å²) in [4.78, 5) is 5.39. The summed E-state index contributed by atoms with van der Waals surface area (Å²) in [6, 6.07) is 5.56. The summed E-state index contributed by atoms with van der Waals surface area (Å²) < 4.78 is 0. The lowest BCUT2D eigenvalue weighted by Crippen LogP contribution is -2.18. The fraction of sp³-hybridized carbons (Fsp3) is 0.400. The zero-order valence-electron chi connectivity index (χ0n) is 7.87. The van der Waals surface area contributed by atoms with E-state index in [4.69, 9.17) is 22.2 Å². The van der Waals surface area contributed by atoms with Crippen molar-refractivity contribution in [3.8, 4) is 0 Å². The Balaban J connectivity index is 2.14. The molecule has 0 atom stereocenters. The van der Waals surface area contributed by atoms with Crippen LogP contribution in [0.25, 0.3) is 0 Å². The molecule has 1 heterocycles. The van der Waals surface area contributed by atoms with Crippen LogP contribution in [0.3, 0.4) is 0 Å². The lowest BCUT2D eigenvalue weighted by atomic mass is 10.2. The fourth-order valence-electron chi connectivity index (χ4n) is 1.54. The number of hydrogen-bond acceptors (Lipinski definition) is 3. The Hall–Kier alpha value is -0.770. The monoisotopic (exact) mass is 212 g/mol. The van der Waals surface area contributed by atoms with Crippen LogP contribution in [-0.2, 0) is 11.4 Å². The largest absolute Gasteiger partial charge is 0.398 e. The fourth-order valence-corrected chi connectivity index (χ4v) is 1.78. The van der Waals surface area contributed by atoms with Gasteiger partial charge in [-0.1, -0.05) is 17.7 Å². The van der Waals surface area contributed by atoms with Crippen LogP contribution in [0.1, 0.15) is 12.0 Å². The van der Waals surface area contributed by atoms with Crippen molar-refractivity contribution in [1.82, 2.24) is 5.06 Å². The van der Waals surface area contributed by atoms with Crippen molar-refractivity contribution in [2.75, 3.05) is 18.9 Å². The number of hydroxylamine groups is 2. The van der Waals surface area contributed by atoms with Gasteiger partial charge in [-0.15, -0.1) is 0 Å². The number of halogens is 1. The third-order valence-corrected chi connectivity index (χ3v) is 2.67. The van der Waals surface area contributed by atoms with Crippen molar-refractivity contribution >= 4 is 17.3 Å². The Morgan fingerprint density at radius 3 is 3.00 bits per heavy atom. The van der Waals surface area contributed by atoms with E-state index in [1.807, 2.05) is 23.3 Å². The molecule has 1 saturated heterocycles. The van der Waals surface area contributed by atoms with Gasteiger partial charge in [0, 0.05) is 22.8 Å². The summed E-state index contributed by atoms with van der Waals surface area (Å²) >= 11 is 6.05. The molecular formula is C10H13ClN2O. The number of benzene rings is 1. The maximum atomic E-state index is 6.05. The van der Waals surface area contributed by atoms with E-state index < -0.39 is 0 Å². The average Bonchev–Trinajstić information content (AvgIpc) is 2.64. The van der Waals surface area contributed by atoms with Gasteiger partial charge in [-0.05, 0) is 18.6 Å². The van der Waals surface area contributed by atoms with Crippen molar-refractivity contribution in [3.05, 3.63) is 28.8 Å². The van der Waals surface area contributed by atoms with Crippen LogP contribution in [0.2, 0.25) is 5.02 Å². The van der Waals surface area contributed by atoms with Crippen LogP contribution in [-0.4, -0.2) is 18.2 Å². The normalized spacial score (nSPS) is 17.5. The van der Waals surface area contributed by atoms with E-state index in [9.17, 15) is 0 Å². The molecule has 0 radical (unpaired) electrons. The molecule has 1 aliphatic heterocycles. The quantitative estimate of drug-likeness (QED) is 0.763. The number of nitrogens with two attached hydrogens (primary N) is 1. The van der Waals surface area contributed by atoms with Gasteiger partial charge in [-0.2, -0.15) is 5.06 Å². The van der Waals surface area contributed by atoms with Gasteiger partial charge < -0.3 is 5.73 Å². The van der Waals surface area contributed by atoms with E-state index in [-0.39, 0.29) is 0 Å². The maximum Gasteiger partial charge on any atom is 0.0698 e. The molecule has 2 N–H and O–H groups in total. The van der Waals surface area contributed by atoms with Gasteiger partial charge in [-0.3, -0.25) is 4.84 Å². The van der Waals surface area contributed by atoms with Crippen LogP contribution >= 0.6 is 11.6 Å². The number of anilines is 1. The second-order valence-corrected chi connectivity index (χ2v) is 3.77. The molecule has 14 heavy (non-hydrogen) atoms. The van der Waals surface area contributed by atoms with Gasteiger partial charge in [-0.25, -0.2) is 0 Å². The highest BCUT2D eigenvalue weighted by molar-refractivity contribution is 6.31. The molecule has 0 aliphatic carbocycles. The third kappa shape index (κ3) is 2.00. The van der Waals surface area contributed by atoms with Gasteiger partial charge >= 0.3 is 0 Å². The minimum absolute atomic E-state index is 0.672. The molecule has 3 nitrogen and oxygen atoms in total. The lowest BCUT2D eigenvalue weighted by molar-refractivity contribution is -0.117. The predicted molar refractivity (Wildman–Crippen MR) is 56.8 cm³/mol. The van der Waals surface area contributed by atoms with Crippen molar-refractivity contribution in [2.24, 2.45) is 0 Å². The molecule has 76 valence electrons. The first kappa shape index (κ1) is 9.77. The topological polar surface area (TPSA) is 38.5 Å². The van der Waals surface area contributed by atoms with E-state index >= 15 is 0 Å². The highest BCUT2D eigenvalue weighted by atomic mass is 35.5. The van der Waals surface area contributed by atoms with Crippen LogP contribution < -0.4 is 5.73 Å². The Morgan fingerprint density at radius 2 is 2.36 bits per heavy atom. The molecule has 1 aliphatic rings. The van der Waals surface area contributed by atoms with Gasteiger partial charge in [0.05, 0.1) is 13.2 Å². The average molecular weight is 213 g/mol. The molecule has 0 bridgehead atoms. The molecule has 0 spiro atoms. The van der Waals surface area contributed by atoms with Gasteiger partial charge in [0.1, 0.15) is 0 Å². The van der Waals surface area contributed by atoms with Crippen molar-refractivity contribution in [2.45, 2.75) is 13.0 Å². The number of rotatable bonds is 2. The van der Waals surface area contributed by atoms with Crippen LogP contribution in [0.5, 0.6) is 0 Å². The van der Waals surface area contributed by atoms with E-state index in [0.717, 1.165) is 30.8 Å². The minimum atomic E-state index is 0.672. The first-order valence-electron chi connectivity index (χ1n) is 4.68. The van der Waals surface area contributed by atoms with E-state index in [2.05, 4.69) is 0 Å². The smallest absolute Gasteiger partial charge is 0.0698 e. The number of hydrogen-bond donors (Lipinski definition) is 1. The molecular weight excluding hydrogens is 200 g/mol. The Labute approximate surface area is 88.4 Å². The summed E-state index contributed by atoms with van der Waals surface area (Å²) in [7, 11) is 0. The molecule has 1 aromatic rings. The van der Waals surface area contributed by atoms with Crippen molar-refractivity contribution in [3.63, 3.8) is 0 Å². The maximum absolute atomic E-state index is 6.05. The first-order chi connectivity index (χ1) is 6.77. The minimum Gasteiger partial charge on any atom is -0.398 e. The van der Waals surface area contributed by atoms with Crippen molar-refractivity contribution < 1.29 is 4.84 Å². The zero-order chi connectivity index (χ0) is 9.97. The molecule has 1 fully saturated rings. The van der Waals surface area contributed by atoms with Crippen LogP contribution in [0.4, 0.5) is 5.69 Å². The van der Waals surface area contributed by atoms with Crippen LogP contribution in [0.15, 0.2) is 18.2 Å². The number of nitrogens with zero attached hydrogens (tertiary/aromatic N) is 1. The van der Waals surface area contributed by atoms with E-state index in [1.165, 1.54) is 0 Å². The molecule has 4 heteroatoms. The summed E-state index contributed by atoms with van der Waals surface area (Å²) in [6.45, 7) is 2.42. The van der Waals surface area contributed by atoms with E-state index in [1.54, 1.807) is 0 Å². The Bertz CT molecular complexity index is 304. The number of nitrogen functional groups attached to an aromatic ring is 1. The highest BCUT2D eigenvalue weighted by Gasteiger charge is 2.15. The summed E-state index contributed by atoms with van der Waals surface area (Å²) in [5.41, 5.74) is 7.52. The van der Waals surface area contributed by atoms with E-state index in [0.29, 0.717) is 11.6 Å². The summed E-state index contributed by atoms with van der Waals surface area (Å²) in [6.07, 6.45) is 1.07. The molecule has 0 unspecified atom stereocenters. The third-order valence-electron chi connectivity index (χ3n) is 2.32. The second kappa shape index (κ2) is 4.17. The molecule has 0 amide bonds. The SMILES string of the molecule is Nc1cccc(Cl)c1CN1CCCO1. The molecule has 2 rings (SSSR count). The lowest BCUT2D eigenvalue weighted by Gasteiger charge is -2.15. The highest BCUT2D eigenvalue weighted by Crippen LogP contribution is 2.24. The molecule has 1 aromatic carbocycles.